The lowest BCUT2D eigenvalue weighted by molar-refractivity contribution is 0.334. The predicted octanol–water partition coefficient (Wildman–Crippen LogP) is 5.92. The monoisotopic (exact) mass is 392 g/mol. The number of benzene rings is 2. The van der Waals surface area contributed by atoms with E-state index in [1.54, 1.807) is 0 Å². The minimum Gasteiger partial charge on any atom is -0.343 e. The van der Waals surface area contributed by atoms with Crippen LogP contribution in [0, 0.1) is 0 Å². The van der Waals surface area contributed by atoms with Gasteiger partial charge in [-0.1, -0.05) is 78.3 Å². The van der Waals surface area contributed by atoms with Gasteiger partial charge in [-0.25, -0.2) is 0 Å². The molecule has 5 heteroatoms. The number of halogens is 2. The molecule has 0 aromatic heterocycles. The number of amidine groups is 1. The summed E-state index contributed by atoms with van der Waals surface area (Å²) in [5, 5.41) is 2.53. The molecule has 0 spiro atoms. The quantitative estimate of drug-likeness (QED) is 0.605. The SMILES string of the molecule is CCC1CSC(=NCCc2ccccc2)N1Cc1ccc(Cl)cc1Cl. The summed E-state index contributed by atoms with van der Waals surface area (Å²) in [4.78, 5) is 7.27. The molecule has 25 heavy (non-hydrogen) atoms. The summed E-state index contributed by atoms with van der Waals surface area (Å²) in [5.74, 6) is 1.09. The van der Waals surface area contributed by atoms with Crippen LogP contribution in [-0.4, -0.2) is 28.4 Å². The molecule has 0 amide bonds. The van der Waals surface area contributed by atoms with Crippen LogP contribution in [0.25, 0.3) is 0 Å². The van der Waals surface area contributed by atoms with Crippen molar-refractivity contribution >= 4 is 40.1 Å². The van der Waals surface area contributed by atoms with Gasteiger partial charge in [-0.2, -0.15) is 0 Å². The third-order valence-corrected chi connectivity index (χ3v) is 6.17. The number of aliphatic imine (C=N–C) groups is 1. The summed E-state index contributed by atoms with van der Waals surface area (Å²) in [6.45, 7) is 3.83. The lowest BCUT2D eigenvalue weighted by atomic mass is 10.1. The van der Waals surface area contributed by atoms with Gasteiger partial charge in [-0.15, -0.1) is 0 Å². The highest BCUT2D eigenvalue weighted by Crippen LogP contribution is 2.30. The Morgan fingerprint density at radius 2 is 1.96 bits per heavy atom. The minimum absolute atomic E-state index is 0.507. The van der Waals surface area contributed by atoms with Crippen LogP contribution in [0.1, 0.15) is 24.5 Å². The number of rotatable bonds is 6. The zero-order valence-corrected chi connectivity index (χ0v) is 16.6. The van der Waals surface area contributed by atoms with Gasteiger partial charge in [0.25, 0.3) is 0 Å². The van der Waals surface area contributed by atoms with Crippen molar-refractivity contribution < 1.29 is 0 Å². The molecule has 2 aromatic carbocycles. The maximum absolute atomic E-state index is 6.37. The molecule has 0 aliphatic carbocycles. The highest BCUT2D eigenvalue weighted by atomic mass is 35.5. The van der Waals surface area contributed by atoms with Crippen molar-refractivity contribution in [1.29, 1.82) is 0 Å². The van der Waals surface area contributed by atoms with E-state index in [4.69, 9.17) is 28.2 Å². The molecule has 2 aromatic rings. The van der Waals surface area contributed by atoms with Crippen LogP contribution in [0.5, 0.6) is 0 Å². The second-order valence-corrected chi connectivity index (χ2v) is 7.97. The number of nitrogens with zero attached hydrogens (tertiary/aromatic N) is 2. The highest BCUT2D eigenvalue weighted by Gasteiger charge is 2.29. The first kappa shape index (κ1) is 18.6. The Hall–Kier alpha value is -1.16. The Kier molecular flexibility index (Phi) is 6.69. The van der Waals surface area contributed by atoms with Crippen molar-refractivity contribution in [3.63, 3.8) is 0 Å². The molecule has 1 saturated heterocycles. The minimum atomic E-state index is 0.507. The zero-order chi connectivity index (χ0) is 17.6. The van der Waals surface area contributed by atoms with Crippen LogP contribution in [-0.2, 0) is 13.0 Å². The topological polar surface area (TPSA) is 15.6 Å². The van der Waals surface area contributed by atoms with Crippen LogP contribution in [0.3, 0.4) is 0 Å². The molecule has 1 aliphatic heterocycles. The van der Waals surface area contributed by atoms with Gasteiger partial charge in [-0.3, -0.25) is 4.99 Å². The van der Waals surface area contributed by atoms with Crippen molar-refractivity contribution in [3.05, 3.63) is 69.7 Å². The third-order valence-electron chi connectivity index (χ3n) is 4.41. The van der Waals surface area contributed by atoms with Crippen LogP contribution >= 0.6 is 35.0 Å². The zero-order valence-electron chi connectivity index (χ0n) is 14.3. The Balaban J connectivity index is 1.70. The van der Waals surface area contributed by atoms with E-state index in [0.717, 1.165) is 47.4 Å². The molecule has 1 atom stereocenters. The van der Waals surface area contributed by atoms with Gasteiger partial charge in [0.2, 0.25) is 0 Å². The summed E-state index contributed by atoms with van der Waals surface area (Å²) in [7, 11) is 0. The molecule has 1 fully saturated rings. The molecule has 0 radical (unpaired) electrons. The summed E-state index contributed by atoms with van der Waals surface area (Å²) in [5.41, 5.74) is 2.43. The Labute approximate surface area is 164 Å². The van der Waals surface area contributed by atoms with E-state index in [1.807, 2.05) is 36.0 Å². The fourth-order valence-corrected chi connectivity index (χ4v) is 4.72. The van der Waals surface area contributed by atoms with E-state index in [9.17, 15) is 0 Å². The fourth-order valence-electron chi connectivity index (χ4n) is 2.93. The van der Waals surface area contributed by atoms with E-state index in [0.29, 0.717) is 11.1 Å². The van der Waals surface area contributed by atoms with Gasteiger partial charge < -0.3 is 4.90 Å². The van der Waals surface area contributed by atoms with Gasteiger partial charge in [0.05, 0.1) is 0 Å². The van der Waals surface area contributed by atoms with E-state index in [2.05, 4.69) is 36.1 Å². The average molecular weight is 393 g/mol. The first-order chi connectivity index (χ1) is 12.2. The molecule has 0 bridgehead atoms. The Morgan fingerprint density at radius 1 is 1.16 bits per heavy atom. The van der Waals surface area contributed by atoms with Gasteiger partial charge in [0.15, 0.2) is 5.17 Å². The van der Waals surface area contributed by atoms with Crippen LogP contribution in [0.4, 0.5) is 0 Å². The Bertz CT molecular complexity index is 734. The molecule has 2 nitrogen and oxygen atoms in total. The van der Waals surface area contributed by atoms with Crippen molar-refractivity contribution in [3.8, 4) is 0 Å². The van der Waals surface area contributed by atoms with Crippen molar-refractivity contribution in [2.24, 2.45) is 4.99 Å². The van der Waals surface area contributed by atoms with Crippen molar-refractivity contribution in [1.82, 2.24) is 4.90 Å². The molecule has 1 heterocycles. The predicted molar refractivity (Wildman–Crippen MR) is 111 cm³/mol. The second kappa shape index (κ2) is 8.98. The lowest BCUT2D eigenvalue weighted by Crippen LogP contribution is -2.33. The highest BCUT2D eigenvalue weighted by molar-refractivity contribution is 8.14. The van der Waals surface area contributed by atoms with E-state index < -0.39 is 0 Å². The van der Waals surface area contributed by atoms with Crippen LogP contribution in [0.2, 0.25) is 10.0 Å². The first-order valence-corrected chi connectivity index (χ1v) is 10.3. The standard InChI is InChI=1S/C20H22Cl2N2S/c1-2-18-14-25-20(23-11-10-15-6-4-3-5-7-15)24(18)13-16-8-9-17(21)12-19(16)22/h3-9,12,18H,2,10-11,13-14H2,1H3. The molecule has 1 aliphatic rings. The van der Waals surface area contributed by atoms with Gasteiger partial charge in [0, 0.05) is 34.9 Å². The average Bonchev–Trinajstić information content (AvgIpc) is 3.00. The molecule has 1 unspecified atom stereocenters. The maximum atomic E-state index is 6.37. The maximum Gasteiger partial charge on any atom is 0.159 e. The Morgan fingerprint density at radius 3 is 2.68 bits per heavy atom. The van der Waals surface area contributed by atoms with E-state index in [-0.39, 0.29) is 0 Å². The molecule has 3 rings (SSSR count). The smallest absolute Gasteiger partial charge is 0.159 e. The fraction of sp³-hybridized carbons (Fsp3) is 0.350. The third kappa shape index (κ3) is 4.93. The van der Waals surface area contributed by atoms with E-state index in [1.165, 1.54) is 5.56 Å². The first-order valence-electron chi connectivity index (χ1n) is 8.59. The second-order valence-electron chi connectivity index (χ2n) is 6.14. The number of thioether (sulfide) groups is 1. The summed E-state index contributed by atoms with van der Waals surface area (Å²) < 4.78 is 0. The largest absolute Gasteiger partial charge is 0.343 e. The lowest BCUT2D eigenvalue weighted by Gasteiger charge is -2.25. The summed E-state index contributed by atoms with van der Waals surface area (Å²) >= 11 is 14.2. The van der Waals surface area contributed by atoms with E-state index >= 15 is 0 Å². The van der Waals surface area contributed by atoms with Gasteiger partial charge >= 0.3 is 0 Å². The molecular weight excluding hydrogens is 371 g/mol. The van der Waals surface area contributed by atoms with Crippen molar-refractivity contribution in [2.75, 3.05) is 12.3 Å². The molecule has 0 N–H and O–H groups in total. The van der Waals surface area contributed by atoms with Gasteiger partial charge in [0.1, 0.15) is 0 Å². The summed E-state index contributed by atoms with van der Waals surface area (Å²) in [6, 6.07) is 16.8. The van der Waals surface area contributed by atoms with Crippen LogP contribution in [0.15, 0.2) is 53.5 Å². The van der Waals surface area contributed by atoms with Gasteiger partial charge in [-0.05, 0) is 36.1 Å². The number of hydrogen-bond donors (Lipinski definition) is 0. The molecule has 0 saturated carbocycles. The molecular formula is C20H22Cl2N2S. The van der Waals surface area contributed by atoms with Crippen molar-refractivity contribution in [2.45, 2.75) is 32.4 Å². The number of hydrogen-bond acceptors (Lipinski definition) is 2. The normalized spacial score (nSPS) is 18.9. The molecule has 132 valence electrons. The summed E-state index contributed by atoms with van der Waals surface area (Å²) in [6.07, 6.45) is 2.08. The van der Waals surface area contributed by atoms with Crippen LogP contribution < -0.4 is 0 Å².